The van der Waals surface area contributed by atoms with Gasteiger partial charge in [-0.1, -0.05) is 24.3 Å². The molecule has 0 unspecified atom stereocenters. The summed E-state index contributed by atoms with van der Waals surface area (Å²) >= 11 is 1.26. The number of thiophene rings is 1. The van der Waals surface area contributed by atoms with Crippen molar-refractivity contribution in [3.05, 3.63) is 82.0 Å². The number of amides is 2. The Labute approximate surface area is 248 Å². The average molecular weight is 600 g/mol. The predicted octanol–water partition coefficient (Wildman–Crippen LogP) is 4.90. The maximum atomic E-state index is 13.0. The zero-order valence-corrected chi connectivity index (χ0v) is 24.1. The molecule has 5 N–H and O–H groups in total. The van der Waals surface area contributed by atoms with Gasteiger partial charge in [-0.25, -0.2) is 4.98 Å². The summed E-state index contributed by atoms with van der Waals surface area (Å²) in [7, 11) is 3.66. The number of para-hydroxylation sites is 1. The van der Waals surface area contributed by atoms with E-state index in [1.807, 2.05) is 19.0 Å². The first-order valence-corrected chi connectivity index (χ1v) is 12.6. The summed E-state index contributed by atoms with van der Waals surface area (Å²) < 4.78 is 0. The number of nitrogens with one attached hydrogen (secondary N) is 2. The fraction of sp³-hybridized carbons (Fsp3) is 0.143. The molecule has 0 saturated carbocycles. The van der Waals surface area contributed by atoms with E-state index in [1.165, 1.54) is 17.4 Å². The van der Waals surface area contributed by atoms with E-state index in [4.69, 9.17) is 5.73 Å². The van der Waals surface area contributed by atoms with Crippen LogP contribution in [0.15, 0.2) is 66.0 Å². The highest BCUT2D eigenvalue weighted by atomic mass is 35.5. The van der Waals surface area contributed by atoms with Crippen molar-refractivity contribution in [3.8, 4) is 34.2 Å². The van der Waals surface area contributed by atoms with Gasteiger partial charge in [0.25, 0.3) is 11.8 Å². The third-order valence-electron chi connectivity index (χ3n) is 5.75. The largest absolute Gasteiger partial charge is 0.507 e. The molecule has 0 aliphatic heterocycles. The molecule has 0 spiro atoms. The van der Waals surface area contributed by atoms with E-state index in [1.54, 1.807) is 60.0 Å². The fourth-order valence-corrected chi connectivity index (χ4v) is 4.56. The van der Waals surface area contributed by atoms with E-state index < -0.39 is 5.91 Å². The Morgan fingerprint density at radius 1 is 1.05 bits per heavy atom. The van der Waals surface area contributed by atoms with E-state index in [0.29, 0.717) is 51.6 Å². The molecule has 0 aliphatic rings. The Balaban J connectivity index is 0.00000280. The Bertz CT molecular complexity index is 1540. The zero-order valence-electron chi connectivity index (χ0n) is 21.7. The number of anilines is 2. The standard InChI is InChI=1S/C28H26N6O3S.2ClH/c1-34(2)23-10-9-17(14-20(23)27(36)31-12-11-29)19-15-22(18-6-3-4-7-24(18)35)32-26(21(19)16-30)33-28(37)25-8-5-13-38-25;;/h3-10,13-15,35H,11-12,29H2,1-2H3,(H,31,36)(H,32,33,37);2*1H. The number of carbonyl (C=O) groups excluding carboxylic acids is 2. The van der Waals surface area contributed by atoms with Crippen LogP contribution in [-0.4, -0.2) is 49.1 Å². The monoisotopic (exact) mass is 598 g/mol. The molecule has 2 amide bonds. The minimum Gasteiger partial charge on any atom is -0.507 e. The number of rotatable bonds is 8. The molecule has 2 aromatic heterocycles. The highest BCUT2D eigenvalue weighted by molar-refractivity contribution is 7.12. The number of halogens is 2. The number of benzene rings is 2. The molecule has 12 heteroatoms. The SMILES string of the molecule is CN(C)c1ccc(-c2cc(-c3ccccc3O)nc(NC(=O)c3cccs3)c2C#N)cc1C(=O)NCCN.Cl.Cl. The Morgan fingerprint density at radius 2 is 1.80 bits per heavy atom. The van der Waals surface area contributed by atoms with Crippen LogP contribution in [0.5, 0.6) is 5.75 Å². The van der Waals surface area contributed by atoms with Crippen LogP contribution in [0.25, 0.3) is 22.4 Å². The molecular formula is C28H28Cl2N6O3S. The summed E-state index contributed by atoms with van der Waals surface area (Å²) in [5, 5.41) is 28.0. The number of nitriles is 1. The van der Waals surface area contributed by atoms with Crippen molar-refractivity contribution in [1.29, 1.82) is 5.26 Å². The van der Waals surface area contributed by atoms with E-state index in [9.17, 15) is 20.0 Å². The van der Waals surface area contributed by atoms with Crippen molar-refractivity contribution in [1.82, 2.24) is 10.3 Å². The molecule has 2 heterocycles. The quantitative estimate of drug-likeness (QED) is 0.225. The molecular weight excluding hydrogens is 571 g/mol. The van der Waals surface area contributed by atoms with Gasteiger partial charge in [0.05, 0.1) is 16.1 Å². The van der Waals surface area contributed by atoms with Crippen molar-refractivity contribution in [2.24, 2.45) is 5.73 Å². The summed E-state index contributed by atoms with van der Waals surface area (Å²) in [5.41, 5.74) is 8.56. The summed E-state index contributed by atoms with van der Waals surface area (Å²) in [5.74, 6) is -0.668. The number of phenolic OH excluding ortho intramolecular Hbond substituents is 1. The highest BCUT2D eigenvalue weighted by Crippen LogP contribution is 2.37. The minimum atomic E-state index is -0.408. The topological polar surface area (TPSA) is 144 Å². The normalized spacial score (nSPS) is 9.95. The van der Waals surface area contributed by atoms with Gasteiger partial charge >= 0.3 is 0 Å². The molecule has 208 valence electrons. The van der Waals surface area contributed by atoms with E-state index in [2.05, 4.69) is 21.7 Å². The van der Waals surface area contributed by atoms with Crippen LogP contribution in [0.3, 0.4) is 0 Å². The second kappa shape index (κ2) is 14.3. The lowest BCUT2D eigenvalue weighted by Gasteiger charge is -2.19. The van der Waals surface area contributed by atoms with E-state index >= 15 is 0 Å². The maximum absolute atomic E-state index is 13.0. The maximum Gasteiger partial charge on any atom is 0.266 e. The number of phenols is 1. The lowest BCUT2D eigenvalue weighted by atomic mass is 9.95. The van der Waals surface area contributed by atoms with Crippen LogP contribution < -0.4 is 21.3 Å². The van der Waals surface area contributed by atoms with Crippen molar-refractivity contribution in [2.75, 3.05) is 37.4 Å². The van der Waals surface area contributed by atoms with Crippen LogP contribution in [0.4, 0.5) is 11.5 Å². The van der Waals surface area contributed by atoms with Gasteiger partial charge < -0.3 is 26.4 Å². The predicted molar refractivity (Wildman–Crippen MR) is 164 cm³/mol. The third-order valence-corrected chi connectivity index (χ3v) is 6.62. The molecule has 40 heavy (non-hydrogen) atoms. The van der Waals surface area contributed by atoms with Crippen molar-refractivity contribution < 1.29 is 14.7 Å². The number of hydrogen-bond acceptors (Lipinski definition) is 8. The first-order chi connectivity index (χ1) is 18.3. The molecule has 0 aliphatic carbocycles. The summed E-state index contributed by atoms with van der Waals surface area (Å²) in [4.78, 5) is 32.7. The third kappa shape index (κ3) is 6.89. The molecule has 4 aromatic rings. The van der Waals surface area contributed by atoms with Crippen molar-refractivity contribution in [3.63, 3.8) is 0 Å². The summed E-state index contributed by atoms with van der Waals surface area (Å²) in [6, 6.07) is 19.2. The van der Waals surface area contributed by atoms with Crippen LogP contribution >= 0.6 is 36.2 Å². The van der Waals surface area contributed by atoms with Gasteiger partial charge in [0.15, 0.2) is 5.82 Å². The van der Waals surface area contributed by atoms with Gasteiger partial charge in [-0.05, 0) is 47.3 Å². The van der Waals surface area contributed by atoms with Gasteiger partial charge in [0, 0.05) is 44.0 Å². The van der Waals surface area contributed by atoms with Gasteiger partial charge in [0.2, 0.25) is 0 Å². The van der Waals surface area contributed by atoms with Crippen molar-refractivity contribution >= 4 is 59.5 Å². The number of pyridine rings is 1. The molecule has 0 saturated heterocycles. The average Bonchev–Trinajstić information content (AvgIpc) is 3.46. The smallest absolute Gasteiger partial charge is 0.266 e. The number of nitrogens with two attached hydrogens (primary N) is 1. The van der Waals surface area contributed by atoms with Gasteiger partial charge in [-0.15, -0.1) is 36.2 Å². The highest BCUT2D eigenvalue weighted by Gasteiger charge is 2.21. The Morgan fingerprint density at radius 3 is 2.42 bits per heavy atom. The van der Waals surface area contributed by atoms with Gasteiger partial charge in [-0.3, -0.25) is 9.59 Å². The molecule has 9 nitrogen and oxygen atoms in total. The molecule has 0 radical (unpaired) electrons. The summed E-state index contributed by atoms with van der Waals surface area (Å²) in [6.07, 6.45) is 0. The Kier molecular flexibility index (Phi) is 11.5. The molecule has 0 fully saturated rings. The molecule has 4 rings (SSSR count). The first kappa shape index (κ1) is 32.1. The van der Waals surface area contributed by atoms with E-state index in [0.717, 1.165) is 0 Å². The number of aromatic nitrogens is 1. The van der Waals surface area contributed by atoms with Crippen LogP contribution in [0.1, 0.15) is 25.6 Å². The van der Waals surface area contributed by atoms with Gasteiger partial charge in [-0.2, -0.15) is 5.26 Å². The van der Waals surface area contributed by atoms with Crippen LogP contribution in [0, 0.1) is 11.3 Å². The Hall–Kier alpha value is -4.14. The first-order valence-electron chi connectivity index (χ1n) is 11.7. The number of aromatic hydroxyl groups is 1. The van der Waals surface area contributed by atoms with Crippen LogP contribution in [0.2, 0.25) is 0 Å². The van der Waals surface area contributed by atoms with Crippen LogP contribution in [-0.2, 0) is 0 Å². The second-order valence-corrected chi connectivity index (χ2v) is 9.46. The molecule has 2 aromatic carbocycles. The molecule has 0 atom stereocenters. The number of nitrogens with zero attached hydrogens (tertiary/aromatic N) is 3. The number of hydrogen-bond donors (Lipinski definition) is 4. The summed E-state index contributed by atoms with van der Waals surface area (Å²) in [6.45, 7) is 0.605. The number of carbonyl (C=O) groups is 2. The minimum absolute atomic E-state index is 0. The van der Waals surface area contributed by atoms with E-state index in [-0.39, 0.29) is 47.9 Å². The van der Waals surface area contributed by atoms with Gasteiger partial charge in [0.1, 0.15) is 17.4 Å². The fourth-order valence-electron chi connectivity index (χ4n) is 3.94. The lowest BCUT2D eigenvalue weighted by Crippen LogP contribution is -2.30. The zero-order chi connectivity index (χ0) is 27.2. The van der Waals surface area contributed by atoms with Crippen molar-refractivity contribution in [2.45, 2.75) is 0 Å². The molecule has 0 bridgehead atoms. The lowest BCUT2D eigenvalue weighted by molar-refractivity contribution is 0.0954. The second-order valence-electron chi connectivity index (χ2n) is 8.51.